The van der Waals surface area contributed by atoms with E-state index in [1.165, 1.54) is 12.1 Å². The highest BCUT2D eigenvalue weighted by Gasteiger charge is 2.18. The highest BCUT2D eigenvalue weighted by molar-refractivity contribution is 6.31. The molecule has 0 radical (unpaired) electrons. The van der Waals surface area contributed by atoms with E-state index in [0.717, 1.165) is 5.56 Å². The molecule has 0 fully saturated rings. The van der Waals surface area contributed by atoms with Gasteiger partial charge in [-0.2, -0.15) is 0 Å². The Morgan fingerprint density at radius 1 is 1.04 bits per heavy atom. The Kier molecular flexibility index (Phi) is 4.88. The summed E-state index contributed by atoms with van der Waals surface area (Å²) >= 11 is 6.04. The Bertz CT molecular complexity index is 1210. The first kappa shape index (κ1) is 18.3. The van der Waals surface area contributed by atoms with Crippen LogP contribution >= 0.6 is 11.6 Å². The summed E-state index contributed by atoms with van der Waals surface area (Å²) in [6.45, 7) is 1.88. The number of rotatable bonds is 4. The maximum Gasteiger partial charge on any atom is 0.235 e. The zero-order valence-corrected chi connectivity index (χ0v) is 15.8. The van der Waals surface area contributed by atoms with E-state index >= 15 is 0 Å². The van der Waals surface area contributed by atoms with E-state index in [0.29, 0.717) is 32.9 Å². The van der Waals surface area contributed by atoms with Gasteiger partial charge in [0.2, 0.25) is 11.2 Å². The third-order valence-electron chi connectivity index (χ3n) is 4.45. The molecule has 0 N–H and O–H groups in total. The molecule has 1 heterocycles. The maximum atomic E-state index is 14.0. The van der Waals surface area contributed by atoms with E-state index in [4.69, 9.17) is 20.8 Å². The highest BCUT2D eigenvalue weighted by atomic mass is 35.5. The smallest absolute Gasteiger partial charge is 0.235 e. The summed E-state index contributed by atoms with van der Waals surface area (Å²) in [6.07, 6.45) is 0. The van der Waals surface area contributed by atoms with Crippen molar-refractivity contribution in [3.63, 3.8) is 0 Å². The number of ether oxygens (including phenoxy) is 1. The largest absolute Gasteiger partial charge is 0.481 e. The molecule has 0 unspecified atom stereocenters. The van der Waals surface area contributed by atoms with Crippen LogP contribution in [0.3, 0.4) is 0 Å². The summed E-state index contributed by atoms with van der Waals surface area (Å²) in [5.41, 5.74) is 2.18. The number of hydrogen-bond acceptors (Lipinski definition) is 3. The van der Waals surface area contributed by atoms with Gasteiger partial charge < -0.3 is 9.15 Å². The van der Waals surface area contributed by atoms with Gasteiger partial charge >= 0.3 is 0 Å². The fraction of sp³-hybridized carbons (Fsp3) is 0.0870. The molecule has 0 amide bonds. The molecule has 3 nitrogen and oxygen atoms in total. The van der Waals surface area contributed by atoms with Crippen LogP contribution in [0.5, 0.6) is 5.75 Å². The Hall–Kier alpha value is -3.11. The quantitative estimate of drug-likeness (QED) is 0.417. The molecule has 0 spiro atoms. The topological polar surface area (TPSA) is 39.4 Å². The second-order valence-electron chi connectivity index (χ2n) is 6.48. The van der Waals surface area contributed by atoms with Gasteiger partial charge in [-0.1, -0.05) is 59.6 Å². The SMILES string of the molecule is Cc1ccc(-c2oc3ccc(Cl)cc3c(=O)c2OCc2ccccc2F)cc1. The normalized spacial score (nSPS) is 11.0. The Labute approximate surface area is 166 Å². The number of benzene rings is 3. The van der Waals surface area contributed by atoms with E-state index < -0.39 is 5.82 Å². The Morgan fingerprint density at radius 3 is 2.54 bits per heavy atom. The third-order valence-corrected chi connectivity index (χ3v) is 4.69. The summed E-state index contributed by atoms with van der Waals surface area (Å²) in [5, 5.41) is 0.731. The monoisotopic (exact) mass is 394 g/mol. The average molecular weight is 395 g/mol. The van der Waals surface area contributed by atoms with Crippen molar-refractivity contribution < 1.29 is 13.5 Å². The average Bonchev–Trinajstić information content (AvgIpc) is 2.69. The van der Waals surface area contributed by atoms with Crippen LogP contribution in [0.15, 0.2) is 75.9 Å². The van der Waals surface area contributed by atoms with E-state index in [1.807, 2.05) is 31.2 Å². The van der Waals surface area contributed by atoms with Crippen LogP contribution in [-0.2, 0) is 6.61 Å². The first-order valence-electron chi connectivity index (χ1n) is 8.72. The molecule has 0 bridgehead atoms. The lowest BCUT2D eigenvalue weighted by Gasteiger charge is -2.12. The van der Waals surface area contributed by atoms with Crippen molar-refractivity contribution in [3.8, 4) is 17.1 Å². The molecule has 0 aliphatic rings. The molecule has 0 saturated heterocycles. The lowest BCUT2D eigenvalue weighted by molar-refractivity contribution is 0.292. The number of aryl methyl sites for hydroxylation is 1. The predicted molar refractivity (Wildman–Crippen MR) is 108 cm³/mol. The minimum atomic E-state index is -0.396. The van der Waals surface area contributed by atoms with Crippen LogP contribution in [0.2, 0.25) is 5.02 Å². The number of fused-ring (bicyclic) bond motifs is 1. The van der Waals surface area contributed by atoms with Gasteiger partial charge in [-0.25, -0.2) is 4.39 Å². The molecule has 28 heavy (non-hydrogen) atoms. The van der Waals surface area contributed by atoms with Crippen molar-refractivity contribution in [2.75, 3.05) is 0 Å². The van der Waals surface area contributed by atoms with Crippen LogP contribution in [0.1, 0.15) is 11.1 Å². The van der Waals surface area contributed by atoms with Gasteiger partial charge in [0.15, 0.2) is 5.76 Å². The van der Waals surface area contributed by atoms with Gasteiger partial charge in [0.05, 0.1) is 5.39 Å². The van der Waals surface area contributed by atoms with E-state index in [1.54, 1.807) is 30.3 Å². The van der Waals surface area contributed by atoms with Crippen molar-refractivity contribution >= 4 is 22.6 Å². The highest BCUT2D eigenvalue weighted by Crippen LogP contribution is 2.32. The molecular formula is C23H16ClFO3. The van der Waals surface area contributed by atoms with Gasteiger partial charge in [0, 0.05) is 16.1 Å². The Balaban J connectivity index is 1.87. The van der Waals surface area contributed by atoms with Crippen LogP contribution in [-0.4, -0.2) is 0 Å². The van der Waals surface area contributed by atoms with E-state index in [2.05, 4.69) is 0 Å². The van der Waals surface area contributed by atoms with Crippen molar-refractivity contribution in [1.82, 2.24) is 0 Å². The summed E-state index contributed by atoms with van der Waals surface area (Å²) < 4.78 is 25.7. The molecule has 0 aliphatic heterocycles. The van der Waals surface area contributed by atoms with Crippen LogP contribution in [0, 0.1) is 12.7 Å². The molecule has 0 aliphatic carbocycles. The van der Waals surface area contributed by atoms with Crippen molar-refractivity contribution in [1.29, 1.82) is 0 Å². The Morgan fingerprint density at radius 2 is 1.79 bits per heavy atom. The fourth-order valence-corrected chi connectivity index (χ4v) is 3.11. The van der Waals surface area contributed by atoms with Crippen LogP contribution in [0.25, 0.3) is 22.3 Å². The van der Waals surface area contributed by atoms with Gasteiger partial charge in [0.1, 0.15) is 18.0 Å². The van der Waals surface area contributed by atoms with Crippen molar-refractivity contribution in [3.05, 3.63) is 98.9 Å². The van der Waals surface area contributed by atoms with E-state index in [9.17, 15) is 9.18 Å². The van der Waals surface area contributed by atoms with E-state index in [-0.39, 0.29) is 17.8 Å². The molecule has 1 aromatic heterocycles. The standard InChI is InChI=1S/C23H16ClFO3/c1-14-6-8-15(9-7-14)22-23(27-13-16-4-2-3-5-19(16)25)21(26)18-12-17(24)10-11-20(18)28-22/h2-12H,13H2,1H3. The number of hydrogen-bond donors (Lipinski definition) is 0. The van der Waals surface area contributed by atoms with Gasteiger partial charge in [-0.15, -0.1) is 0 Å². The fourth-order valence-electron chi connectivity index (χ4n) is 2.94. The number of halogens is 2. The summed E-state index contributed by atoms with van der Waals surface area (Å²) in [4.78, 5) is 13.1. The summed E-state index contributed by atoms with van der Waals surface area (Å²) in [7, 11) is 0. The molecular weight excluding hydrogens is 379 g/mol. The lowest BCUT2D eigenvalue weighted by Crippen LogP contribution is -2.11. The van der Waals surface area contributed by atoms with Crippen LogP contribution in [0.4, 0.5) is 4.39 Å². The van der Waals surface area contributed by atoms with Gasteiger partial charge in [-0.3, -0.25) is 4.79 Å². The zero-order valence-electron chi connectivity index (χ0n) is 15.0. The van der Waals surface area contributed by atoms with Crippen molar-refractivity contribution in [2.45, 2.75) is 13.5 Å². The van der Waals surface area contributed by atoms with Gasteiger partial charge in [-0.05, 0) is 31.2 Å². The minimum absolute atomic E-state index is 0.0295. The second kappa shape index (κ2) is 7.49. The molecule has 5 heteroatoms. The molecule has 0 saturated carbocycles. The zero-order chi connectivity index (χ0) is 19.7. The molecule has 0 atom stereocenters. The first-order valence-corrected chi connectivity index (χ1v) is 9.10. The lowest BCUT2D eigenvalue weighted by atomic mass is 10.1. The van der Waals surface area contributed by atoms with Crippen LogP contribution < -0.4 is 10.2 Å². The third kappa shape index (κ3) is 3.51. The first-order chi connectivity index (χ1) is 13.5. The molecule has 4 rings (SSSR count). The molecule has 140 valence electrons. The maximum absolute atomic E-state index is 14.0. The summed E-state index contributed by atoms with van der Waals surface area (Å²) in [5.74, 6) is -0.0642. The molecule has 4 aromatic rings. The van der Waals surface area contributed by atoms with Crippen molar-refractivity contribution in [2.24, 2.45) is 0 Å². The predicted octanol–water partition coefficient (Wildman–Crippen LogP) is 6.14. The minimum Gasteiger partial charge on any atom is -0.481 e. The van der Waals surface area contributed by atoms with Gasteiger partial charge in [0.25, 0.3) is 0 Å². The summed E-state index contributed by atoms with van der Waals surface area (Å²) in [6, 6.07) is 18.7. The molecule has 3 aromatic carbocycles. The second-order valence-corrected chi connectivity index (χ2v) is 6.91.